The Kier molecular flexibility index (Phi) is 4.79. The van der Waals surface area contributed by atoms with Crippen LogP contribution < -0.4 is 5.73 Å². The number of ether oxygens (including phenoxy) is 2. The van der Waals surface area contributed by atoms with Gasteiger partial charge in [-0.1, -0.05) is 6.07 Å². The molecule has 2 N–H and O–H groups in total. The largest absolute Gasteiger partial charge is 0.462 e. The number of rotatable bonds is 5. The molecule has 0 atom stereocenters. The number of carbonyl (C=O) groups is 1. The molecule has 16 heavy (non-hydrogen) atoms. The summed E-state index contributed by atoms with van der Waals surface area (Å²) < 4.78 is 9.85. The zero-order valence-corrected chi connectivity index (χ0v) is 9.66. The van der Waals surface area contributed by atoms with E-state index < -0.39 is 0 Å². The number of benzene rings is 1. The Hall–Kier alpha value is -1.55. The lowest BCUT2D eigenvalue weighted by atomic mass is 10.1. The number of anilines is 1. The molecular formula is C12H17NO3. The molecule has 0 aliphatic heterocycles. The van der Waals surface area contributed by atoms with E-state index in [1.807, 2.05) is 6.07 Å². The third kappa shape index (κ3) is 3.24. The molecule has 0 bridgehead atoms. The number of esters is 1. The van der Waals surface area contributed by atoms with E-state index in [4.69, 9.17) is 15.2 Å². The molecule has 1 aromatic carbocycles. The van der Waals surface area contributed by atoms with E-state index in [2.05, 4.69) is 0 Å². The van der Waals surface area contributed by atoms with Crippen LogP contribution in [0.3, 0.4) is 0 Å². The van der Waals surface area contributed by atoms with Crippen molar-refractivity contribution in [3.63, 3.8) is 0 Å². The second-order valence-corrected chi connectivity index (χ2v) is 3.38. The van der Waals surface area contributed by atoms with E-state index in [1.54, 1.807) is 26.2 Å². The maximum Gasteiger partial charge on any atom is 0.338 e. The van der Waals surface area contributed by atoms with Crippen molar-refractivity contribution in [3.05, 3.63) is 29.3 Å². The van der Waals surface area contributed by atoms with E-state index in [1.165, 1.54) is 0 Å². The molecule has 0 saturated carbocycles. The minimum atomic E-state index is -0.340. The van der Waals surface area contributed by atoms with Crippen molar-refractivity contribution in [1.29, 1.82) is 0 Å². The zero-order chi connectivity index (χ0) is 12.0. The lowest BCUT2D eigenvalue weighted by Crippen LogP contribution is -2.07. The minimum Gasteiger partial charge on any atom is -0.462 e. The number of carbonyl (C=O) groups excluding carboxylic acids is 1. The molecule has 0 aliphatic carbocycles. The summed E-state index contributed by atoms with van der Waals surface area (Å²) in [5.41, 5.74) is 7.90. The summed E-state index contributed by atoms with van der Waals surface area (Å²) in [6, 6.07) is 5.20. The molecule has 1 aromatic rings. The van der Waals surface area contributed by atoms with Crippen molar-refractivity contribution in [2.75, 3.05) is 26.1 Å². The Morgan fingerprint density at radius 1 is 1.44 bits per heavy atom. The van der Waals surface area contributed by atoms with Crippen molar-refractivity contribution in [2.24, 2.45) is 0 Å². The highest BCUT2D eigenvalue weighted by Crippen LogP contribution is 2.15. The van der Waals surface area contributed by atoms with Crippen molar-refractivity contribution in [3.8, 4) is 0 Å². The van der Waals surface area contributed by atoms with Gasteiger partial charge in [-0.2, -0.15) is 0 Å². The van der Waals surface area contributed by atoms with Gasteiger partial charge in [0.1, 0.15) is 0 Å². The minimum absolute atomic E-state index is 0.340. The smallest absolute Gasteiger partial charge is 0.338 e. The molecule has 0 amide bonds. The molecule has 0 aliphatic rings. The summed E-state index contributed by atoms with van der Waals surface area (Å²) in [5, 5.41) is 0. The molecule has 0 spiro atoms. The van der Waals surface area contributed by atoms with E-state index in [9.17, 15) is 4.79 Å². The van der Waals surface area contributed by atoms with Crippen LogP contribution in [0.15, 0.2) is 18.2 Å². The fourth-order valence-corrected chi connectivity index (χ4v) is 1.38. The molecule has 88 valence electrons. The zero-order valence-electron chi connectivity index (χ0n) is 9.66. The molecule has 0 fully saturated rings. The molecule has 0 aromatic heterocycles. The van der Waals surface area contributed by atoms with Crippen molar-refractivity contribution >= 4 is 11.7 Å². The predicted molar refractivity (Wildman–Crippen MR) is 62.4 cm³/mol. The summed E-state index contributed by atoms with van der Waals surface area (Å²) in [7, 11) is 1.64. The van der Waals surface area contributed by atoms with Crippen LogP contribution in [0.4, 0.5) is 5.69 Å². The number of nitrogens with two attached hydrogens (primary N) is 1. The van der Waals surface area contributed by atoms with Crippen LogP contribution in [-0.2, 0) is 15.9 Å². The van der Waals surface area contributed by atoms with Gasteiger partial charge in [0.2, 0.25) is 0 Å². The fraction of sp³-hybridized carbons (Fsp3) is 0.417. The number of hydrogen-bond acceptors (Lipinski definition) is 4. The number of nitrogen functional groups attached to an aromatic ring is 1. The van der Waals surface area contributed by atoms with Crippen LogP contribution in [0.1, 0.15) is 22.8 Å². The summed E-state index contributed by atoms with van der Waals surface area (Å²) >= 11 is 0. The van der Waals surface area contributed by atoms with Crippen LogP contribution in [0.5, 0.6) is 0 Å². The molecule has 0 radical (unpaired) electrons. The first-order valence-electron chi connectivity index (χ1n) is 5.23. The third-order valence-electron chi connectivity index (χ3n) is 2.23. The molecule has 0 unspecified atom stereocenters. The van der Waals surface area contributed by atoms with Gasteiger partial charge < -0.3 is 15.2 Å². The fourth-order valence-electron chi connectivity index (χ4n) is 1.38. The average molecular weight is 223 g/mol. The third-order valence-corrected chi connectivity index (χ3v) is 2.23. The Bertz CT molecular complexity index is 363. The lowest BCUT2D eigenvalue weighted by molar-refractivity contribution is 0.0526. The normalized spacial score (nSPS) is 10.1. The van der Waals surface area contributed by atoms with Crippen LogP contribution >= 0.6 is 0 Å². The summed E-state index contributed by atoms with van der Waals surface area (Å²) in [5.74, 6) is -0.340. The van der Waals surface area contributed by atoms with Gasteiger partial charge in [0.15, 0.2) is 0 Å². The maximum absolute atomic E-state index is 11.4. The first-order chi connectivity index (χ1) is 7.69. The van der Waals surface area contributed by atoms with Gasteiger partial charge in [-0.3, -0.25) is 0 Å². The van der Waals surface area contributed by atoms with Gasteiger partial charge in [-0.05, 0) is 31.0 Å². The van der Waals surface area contributed by atoms with Crippen molar-refractivity contribution < 1.29 is 14.3 Å². The lowest BCUT2D eigenvalue weighted by Gasteiger charge is -2.07. The molecule has 4 nitrogen and oxygen atoms in total. The molecule has 0 heterocycles. The van der Waals surface area contributed by atoms with Gasteiger partial charge in [0, 0.05) is 12.8 Å². The first kappa shape index (κ1) is 12.5. The second-order valence-electron chi connectivity index (χ2n) is 3.38. The Balaban J connectivity index is 2.78. The topological polar surface area (TPSA) is 61.5 Å². The molecule has 1 rings (SSSR count). The quantitative estimate of drug-likeness (QED) is 0.609. The molecular weight excluding hydrogens is 206 g/mol. The highest BCUT2D eigenvalue weighted by molar-refractivity contribution is 5.90. The monoisotopic (exact) mass is 223 g/mol. The van der Waals surface area contributed by atoms with Crippen molar-refractivity contribution in [2.45, 2.75) is 13.3 Å². The molecule has 0 saturated heterocycles. The number of hydrogen-bond donors (Lipinski definition) is 1. The maximum atomic E-state index is 11.4. The predicted octanol–water partition coefficient (Wildman–Crippen LogP) is 1.63. The average Bonchev–Trinajstić information content (AvgIpc) is 2.27. The van der Waals surface area contributed by atoms with E-state index in [0.717, 1.165) is 12.0 Å². The standard InChI is InChI=1S/C12H17NO3/c1-3-16-12(14)10-5-4-9(6-7-15-2)11(13)8-10/h4-5,8H,3,6-7,13H2,1-2H3. The number of methoxy groups -OCH3 is 1. The molecule has 4 heteroatoms. The SMILES string of the molecule is CCOC(=O)c1ccc(CCOC)c(N)c1. The van der Waals surface area contributed by atoms with Crippen LogP contribution in [0, 0.1) is 0 Å². The van der Waals surface area contributed by atoms with E-state index in [0.29, 0.717) is 24.5 Å². The summed E-state index contributed by atoms with van der Waals surface area (Å²) in [6.07, 6.45) is 0.742. The second kappa shape index (κ2) is 6.12. The van der Waals surface area contributed by atoms with Gasteiger partial charge in [0.05, 0.1) is 18.8 Å². The van der Waals surface area contributed by atoms with Crippen LogP contribution in [0.25, 0.3) is 0 Å². The Morgan fingerprint density at radius 2 is 2.19 bits per heavy atom. The van der Waals surface area contributed by atoms with Crippen molar-refractivity contribution in [1.82, 2.24) is 0 Å². The first-order valence-corrected chi connectivity index (χ1v) is 5.23. The highest BCUT2D eigenvalue weighted by Gasteiger charge is 2.08. The van der Waals surface area contributed by atoms with Crippen LogP contribution in [-0.4, -0.2) is 26.3 Å². The Labute approximate surface area is 95.3 Å². The van der Waals surface area contributed by atoms with Gasteiger partial charge in [0.25, 0.3) is 0 Å². The summed E-state index contributed by atoms with van der Waals surface area (Å²) in [4.78, 5) is 11.4. The highest BCUT2D eigenvalue weighted by atomic mass is 16.5. The van der Waals surface area contributed by atoms with Crippen LogP contribution in [0.2, 0.25) is 0 Å². The Morgan fingerprint density at radius 3 is 2.75 bits per heavy atom. The van der Waals surface area contributed by atoms with Gasteiger partial charge in [-0.25, -0.2) is 4.79 Å². The van der Waals surface area contributed by atoms with E-state index in [-0.39, 0.29) is 5.97 Å². The van der Waals surface area contributed by atoms with Gasteiger partial charge >= 0.3 is 5.97 Å². The van der Waals surface area contributed by atoms with Gasteiger partial charge in [-0.15, -0.1) is 0 Å². The van der Waals surface area contributed by atoms with E-state index >= 15 is 0 Å². The summed E-state index contributed by atoms with van der Waals surface area (Å²) in [6.45, 7) is 2.75.